The molecule has 0 aliphatic carbocycles. The van der Waals surface area contributed by atoms with Gasteiger partial charge in [-0.15, -0.1) is 0 Å². The van der Waals surface area contributed by atoms with Crippen LogP contribution in [0.25, 0.3) is 10.9 Å². The zero-order valence-electron chi connectivity index (χ0n) is 11.9. The molecular formula is C15H17Br2ClN2O. The lowest BCUT2D eigenvalue weighted by Crippen LogP contribution is -2.25. The number of fused-ring (bicyclic) bond motifs is 1. The Bertz CT molecular complexity index is 635. The van der Waals surface area contributed by atoms with Gasteiger partial charge in [-0.3, -0.25) is 0 Å². The highest BCUT2D eigenvalue weighted by Gasteiger charge is 2.12. The van der Waals surface area contributed by atoms with E-state index in [4.69, 9.17) is 16.3 Å². The maximum absolute atomic E-state index is 6.00. The summed E-state index contributed by atoms with van der Waals surface area (Å²) in [6, 6.07) is 5.68. The van der Waals surface area contributed by atoms with E-state index in [2.05, 4.69) is 56.0 Å². The summed E-state index contributed by atoms with van der Waals surface area (Å²) in [4.78, 5) is 4.38. The molecule has 6 heteroatoms. The van der Waals surface area contributed by atoms with Gasteiger partial charge in [0.05, 0.1) is 4.47 Å². The first-order valence-corrected chi connectivity index (χ1v) is 8.73. The second-order valence-electron chi connectivity index (χ2n) is 5.15. The first-order chi connectivity index (χ1) is 9.99. The molecule has 0 aliphatic heterocycles. The summed E-state index contributed by atoms with van der Waals surface area (Å²) in [5, 5.41) is 4.78. The van der Waals surface area contributed by atoms with E-state index in [1.54, 1.807) is 6.07 Å². The molecule has 2 rings (SSSR count). The minimum Gasteiger partial charge on any atom is -0.489 e. The number of benzene rings is 1. The molecule has 0 unspecified atom stereocenters. The van der Waals surface area contributed by atoms with Crippen LogP contribution in [-0.2, 0) is 0 Å². The van der Waals surface area contributed by atoms with Crippen molar-refractivity contribution in [1.29, 1.82) is 0 Å². The number of hydrogen-bond donors (Lipinski definition) is 1. The van der Waals surface area contributed by atoms with Crippen LogP contribution in [0.4, 0.5) is 0 Å². The standard InChI is InChI=1S/C15H17Br2ClN2O/c1-9(2)8-19-5-6-21-15-12(17)7-11(16)10-3-4-13(18)20-14(10)15/h3-4,7,9,19H,5-6,8H2,1-2H3. The van der Waals surface area contributed by atoms with Gasteiger partial charge in [0.1, 0.15) is 17.3 Å². The Hall–Kier alpha value is -0.360. The van der Waals surface area contributed by atoms with Crippen molar-refractivity contribution in [2.24, 2.45) is 5.92 Å². The van der Waals surface area contributed by atoms with Gasteiger partial charge in [-0.25, -0.2) is 4.98 Å². The molecule has 0 saturated heterocycles. The van der Waals surface area contributed by atoms with Gasteiger partial charge in [-0.05, 0) is 46.6 Å². The molecule has 0 fully saturated rings. The topological polar surface area (TPSA) is 34.1 Å². The number of pyridine rings is 1. The van der Waals surface area contributed by atoms with Crippen LogP contribution in [-0.4, -0.2) is 24.7 Å². The largest absolute Gasteiger partial charge is 0.489 e. The third-order valence-electron chi connectivity index (χ3n) is 2.88. The second-order valence-corrected chi connectivity index (χ2v) is 7.24. The van der Waals surface area contributed by atoms with Gasteiger partial charge in [-0.1, -0.05) is 41.4 Å². The molecule has 0 radical (unpaired) electrons. The molecule has 1 aromatic heterocycles. The predicted octanol–water partition coefficient (Wildman–Crippen LogP) is 5.04. The average molecular weight is 437 g/mol. The molecule has 1 heterocycles. The van der Waals surface area contributed by atoms with Gasteiger partial charge in [-0.2, -0.15) is 0 Å². The lowest BCUT2D eigenvalue weighted by Gasteiger charge is -2.13. The summed E-state index contributed by atoms with van der Waals surface area (Å²) < 4.78 is 7.71. The van der Waals surface area contributed by atoms with Crippen molar-refractivity contribution >= 4 is 54.4 Å². The smallest absolute Gasteiger partial charge is 0.159 e. The fourth-order valence-corrected chi connectivity index (χ4v) is 3.46. The van der Waals surface area contributed by atoms with Gasteiger partial charge in [0.15, 0.2) is 5.75 Å². The number of halogens is 3. The highest BCUT2D eigenvalue weighted by molar-refractivity contribution is 9.11. The summed E-state index contributed by atoms with van der Waals surface area (Å²) in [7, 11) is 0. The molecule has 3 nitrogen and oxygen atoms in total. The molecule has 1 N–H and O–H groups in total. The Balaban J connectivity index is 2.17. The molecule has 1 aromatic carbocycles. The van der Waals surface area contributed by atoms with Crippen molar-refractivity contribution in [3.63, 3.8) is 0 Å². The monoisotopic (exact) mass is 434 g/mol. The molecule has 0 atom stereocenters. The molecule has 2 aromatic rings. The highest BCUT2D eigenvalue weighted by atomic mass is 79.9. The Morgan fingerprint density at radius 1 is 1.29 bits per heavy atom. The maximum atomic E-state index is 6.00. The fourth-order valence-electron chi connectivity index (χ4n) is 1.92. The Labute approximate surface area is 146 Å². The molecule has 0 aliphatic rings. The number of hydrogen-bond acceptors (Lipinski definition) is 3. The van der Waals surface area contributed by atoms with Crippen molar-refractivity contribution < 1.29 is 4.74 Å². The minimum absolute atomic E-state index is 0.454. The Morgan fingerprint density at radius 3 is 2.76 bits per heavy atom. The number of nitrogens with one attached hydrogen (secondary N) is 1. The molecule has 0 bridgehead atoms. The number of nitrogens with zero attached hydrogens (tertiary/aromatic N) is 1. The van der Waals surface area contributed by atoms with E-state index in [0.717, 1.165) is 38.7 Å². The Kier molecular flexibility index (Phi) is 6.29. The zero-order chi connectivity index (χ0) is 15.4. The summed E-state index contributed by atoms with van der Waals surface area (Å²) >= 11 is 13.1. The first kappa shape index (κ1) is 17.0. The van der Waals surface area contributed by atoms with Crippen molar-refractivity contribution in [2.75, 3.05) is 19.7 Å². The maximum Gasteiger partial charge on any atom is 0.159 e. The van der Waals surface area contributed by atoms with E-state index >= 15 is 0 Å². The normalized spacial score (nSPS) is 11.3. The zero-order valence-corrected chi connectivity index (χ0v) is 15.8. The van der Waals surface area contributed by atoms with Crippen LogP contribution in [0.2, 0.25) is 5.15 Å². The van der Waals surface area contributed by atoms with Crippen LogP contribution >= 0.6 is 43.5 Å². The van der Waals surface area contributed by atoms with Crippen molar-refractivity contribution in [3.8, 4) is 5.75 Å². The third kappa shape index (κ3) is 4.55. The minimum atomic E-state index is 0.454. The van der Waals surface area contributed by atoms with Crippen LogP contribution in [0, 0.1) is 5.92 Å². The second kappa shape index (κ2) is 7.77. The van der Waals surface area contributed by atoms with Crippen LogP contribution in [0.5, 0.6) is 5.75 Å². The molecule has 0 saturated carbocycles. The van der Waals surface area contributed by atoms with Crippen molar-refractivity contribution in [2.45, 2.75) is 13.8 Å². The van der Waals surface area contributed by atoms with E-state index in [0.29, 0.717) is 17.7 Å². The van der Waals surface area contributed by atoms with E-state index in [9.17, 15) is 0 Å². The fraction of sp³-hybridized carbons (Fsp3) is 0.400. The lowest BCUT2D eigenvalue weighted by molar-refractivity contribution is 0.312. The summed E-state index contributed by atoms with van der Waals surface area (Å²) in [6.45, 7) is 6.71. The van der Waals surface area contributed by atoms with Gasteiger partial charge in [0.25, 0.3) is 0 Å². The van der Waals surface area contributed by atoms with Gasteiger partial charge >= 0.3 is 0 Å². The number of aromatic nitrogens is 1. The van der Waals surface area contributed by atoms with E-state index in [1.165, 1.54) is 0 Å². The highest BCUT2D eigenvalue weighted by Crippen LogP contribution is 2.38. The van der Waals surface area contributed by atoms with E-state index < -0.39 is 0 Å². The molecule has 0 amide bonds. The van der Waals surface area contributed by atoms with Crippen LogP contribution < -0.4 is 10.1 Å². The predicted molar refractivity (Wildman–Crippen MR) is 95.4 cm³/mol. The molecule has 21 heavy (non-hydrogen) atoms. The first-order valence-electron chi connectivity index (χ1n) is 6.77. The van der Waals surface area contributed by atoms with E-state index in [1.807, 2.05) is 12.1 Å². The molecule has 0 spiro atoms. The van der Waals surface area contributed by atoms with Gasteiger partial charge in [0, 0.05) is 16.4 Å². The molecular weight excluding hydrogens is 419 g/mol. The molecule has 114 valence electrons. The average Bonchev–Trinajstić information content (AvgIpc) is 2.41. The van der Waals surface area contributed by atoms with Crippen molar-refractivity contribution in [1.82, 2.24) is 10.3 Å². The number of ether oxygens (including phenoxy) is 1. The quantitative estimate of drug-likeness (QED) is 0.509. The van der Waals surface area contributed by atoms with Gasteiger partial charge in [0.2, 0.25) is 0 Å². The summed E-state index contributed by atoms with van der Waals surface area (Å²) in [5.74, 6) is 1.35. The lowest BCUT2D eigenvalue weighted by atomic mass is 10.2. The van der Waals surface area contributed by atoms with Crippen molar-refractivity contribution in [3.05, 3.63) is 32.3 Å². The summed E-state index contributed by atoms with van der Waals surface area (Å²) in [6.07, 6.45) is 0. The van der Waals surface area contributed by atoms with E-state index in [-0.39, 0.29) is 0 Å². The summed E-state index contributed by atoms with van der Waals surface area (Å²) in [5.41, 5.74) is 0.757. The van der Waals surface area contributed by atoms with Crippen LogP contribution in [0.3, 0.4) is 0 Å². The van der Waals surface area contributed by atoms with Crippen LogP contribution in [0.15, 0.2) is 27.1 Å². The van der Waals surface area contributed by atoms with Crippen LogP contribution in [0.1, 0.15) is 13.8 Å². The Morgan fingerprint density at radius 2 is 2.05 bits per heavy atom. The number of rotatable bonds is 6. The third-order valence-corrected chi connectivity index (χ3v) is 4.34. The van der Waals surface area contributed by atoms with Gasteiger partial charge < -0.3 is 10.1 Å². The SMILES string of the molecule is CC(C)CNCCOc1c(Br)cc(Br)c2ccc(Cl)nc12.